The molecule has 2 amide bonds. The Labute approximate surface area is 184 Å². The van der Waals surface area contributed by atoms with E-state index in [4.69, 9.17) is 0 Å². The SMILES string of the molecule is CCc1c(N[C@@H]2CCc3sc(NC(=O)C4CC4)c(C(=O)NCC4CC4)c3C2)c(=O)c1=O. The number of nitrogens with one attached hydrogen (secondary N) is 3. The van der Waals surface area contributed by atoms with Gasteiger partial charge >= 0.3 is 0 Å². The van der Waals surface area contributed by atoms with Gasteiger partial charge in [0.15, 0.2) is 0 Å². The van der Waals surface area contributed by atoms with E-state index in [1.54, 1.807) is 0 Å². The van der Waals surface area contributed by atoms with Gasteiger partial charge in [-0.25, -0.2) is 0 Å². The Bertz CT molecular complexity index is 1120. The van der Waals surface area contributed by atoms with E-state index in [2.05, 4.69) is 16.0 Å². The highest BCUT2D eigenvalue weighted by atomic mass is 32.1. The van der Waals surface area contributed by atoms with Crippen LogP contribution in [-0.2, 0) is 24.1 Å². The van der Waals surface area contributed by atoms with Crippen molar-refractivity contribution >= 4 is 33.8 Å². The van der Waals surface area contributed by atoms with Crippen LogP contribution in [0.5, 0.6) is 0 Å². The number of carbonyl (C=O) groups is 2. The van der Waals surface area contributed by atoms with Crippen LogP contribution in [0.2, 0.25) is 0 Å². The minimum Gasteiger partial charge on any atom is -0.378 e. The van der Waals surface area contributed by atoms with Crippen LogP contribution in [-0.4, -0.2) is 24.4 Å². The second-order valence-electron chi connectivity index (χ2n) is 9.07. The Morgan fingerprint density at radius 2 is 1.84 bits per heavy atom. The zero-order chi connectivity index (χ0) is 21.7. The minimum absolute atomic E-state index is 0.000773. The van der Waals surface area contributed by atoms with E-state index in [1.165, 1.54) is 11.3 Å². The highest BCUT2D eigenvalue weighted by molar-refractivity contribution is 7.17. The van der Waals surface area contributed by atoms with Crippen molar-refractivity contribution in [3.05, 3.63) is 42.0 Å². The van der Waals surface area contributed by atoms with Crippen molar-refractivity contribution in [2.75, 3.05) is 17.2 Å². The third-order valence-electron chi connectivity index (χ3n) is 6.63. The van der Waals surface area contributed by atoms with Crippen LogP contribution in [0.4, 0.5) is 10.7 Å². The Balaban J connectivity index is 1.39. The summed E-state index contributed by atoms with van der Waals surface area (Å²) in [5.74, 6) is 0.511. The molecule has 1 atom stereocenters. The lowest BCUT2D eigenvalue weighted by molar-refractivity contribution is -0.117. The number of fused-ring (bicyclic) bond motifs is 1. The molecule has 1 heterocycles. The predicted molar refractivity (Wildman–Crippen MR) is 121 cm³/mol. The smallest absolute Gasteiger partial charge is 0.254 e. The molecule has 5 rings (SSSR count). The first-order chi connectivity index (χ1) is 15.0. The predicted octanol–water partition coefficient (Wildman–Crippen LogP) is 2.36. The Morgan fingerprint density at radius 1 is 1.06 bits per heavy atom. The van der Waals surface area contributed by atoms with Crippen LogP contribution < -0.4 is 26.8 Å². The minimum atomic E-state index is -0.437. The number of carbonyl (C=O) groups excluding carboxylic acids is 2. The Kier molecular flexibility index (Phi) is 5.20. The van der Waals surface area contributed by atoms with Gasteiger partial charge in [-0.15, -0.1) is 11.3 Å². The number of amides is 2. The zero-order valence-corrected chi connectivity index (χ0v) is 18.5. The molecule has 2 saturated carbocycles. The van der Waals surface area contributed by atoms with Gasteiger partial charge in [0, 0.05) is 28.9 Å². The highest BCUT2D eigenvalue weighted by Gasteiger charge is 2.35. The van der Waals surface area contributed by atoms with E-state index < -0.39 is 5.43 Å². The molecule has 0 aliphatic heterocycles. The molecule has 1 aromatic heterocycles. The monoisotopic (exact) mass is 441 g/mol. The number of thiophene rings is 1. The number of hydrogen-bond donors (Lipinski definition) is 3. The quantitative estimate of drug-likeness (QED) is 0.546. The molecule has 31 heavy (non-hydrogen) atoms. The van der Waals surface area contributed by atoms with Gasteiger partial charge in [0.05, 0.1) is 11.3 Å². The molecule has 0 unspecified atom stereocenters. The van der Waals surface area contributed by atoms with E-state index >= 15 is 0 Å². The molecule has 3 aliphatic carbocycles. The molecule has 3 N–H and O–H groups in total. The van der Waals surface area contributed by atoms with Gasteiger partial charge in [-0.1, -0.05) is 6.92 Å². The third-order valence-corrected chi connectivity index (χ3v) is 7.84. The lowest BCUT2D eigenvalue weighted by Gasteiger charge is -2.26. The van der Waals surface area contributed by atoms with Crippen molar-refractivity contribution < 1.29 is 9.59 Å². The maximum Gasteiger partial charge on any atom is 0.254 e. The van der Waals surface area contributed by atoms with Gasteiger partial charge in [0.1, 0.15) is 5.00 Å². The second kappa shape index (κ2) is 7.89. The number of anilines is 2. The second-order valence-corrected chi connectivity index (χ2v) is 10.2. The molecule has 164 valence electrons. The van der Waals surface area contributed by atoms with Gasteiger partial charge in [-0.2, -0.15) is 0 Å². The lowest BCUT2D eigenvalue weighted by Crippen LogP contribution is -2.41. The summed E-state index contributed by atoms with van der Waals surface area (Å²) >= 11 is 1.51. The molecule has 2 aromatic rings. The molecule has 8 heteroatoms. The van der Waals surface area contributed by atoms with Crippen molar-refractivity contribution in [3.8, 4) is 0 Å². The third kappa shape index (κ3) is 3.93. The maximum atomic E-state index is 13.1. The number of rotatable bonds is 8. The summed E-state index contributed by atoms with van der Waals surface area (Å²) in [6, 6.07) is -0.0161. The molecule has 0 spiro atoms. The molecule has 2 fully saturated rings. The molecule has 0 bridgehead atoms. The summed E-state index contributed by atoms with van der Waals surface area (Å²) in [5.41, 5.74) is 1.74. The Morgan fingerprint density at radius 3 is 2.52 bits per heavy atom. The summed E-state index contributed by atoms with van der Waals surface area (Å²) in [6.45, 7) is 2.54. The fourth-order valence-corrected chi connectivity index (χ4v) is 5.62. The van der Waals surface area contributed by atoms with E-state index in [1.807, 2.05) is 6.92 Å². The van der Waals surface area contributed by atoms with Crippen molar-refractivity contribution in [2.24, 2.45) is 11.8 Å². The van der Waals surface area contributed by atoms with E-state index in [-0.39, 0.29) is 29.2 Å². The standard InChI is InChI=1S/C23H27N3O4S/c1-2-14-18(20(28)19(14)27)25-13-7-8-16-15(9-13)17(22(30)24-10-11-3-4-11)23(31-16)26-21(29)12-5-6-12/h11-13,25H,2-10H2,1H3,(H,24,30)(H,26,29)/t13-/m1/s1. The van der Waals surface area contributed by atoms with Gasteiger partial charge in [0.2, 0.25) is 16.8 Å². The summed E-state index contributed by atoms with van der Waals surface area (Å²) in [7, 11) is 0. The Hall–Kier alpha value is -2.48. The lowest BCUT2D eigenvalue weighted by atomic mass is 9.90. The number of aryl methyl sites for hydroxylation is 1. The molecule has 0 radical (unpaired) electrons. The first-order valence-corrected chi connectivity index (χ1v) is 12.1. The number of hydrogen-bond acceptors (Lipinski definition) is 6. The fourth-order valence-electron chi connectivity index (χ4n) is 4.37. The van der Waals surface area contributed by atoms with Crippen molar-refractivity contribution in [2.45, 2.75) is 64.3 Å². The summed E-state index contributed by atoms with van der Waals surface area (Å²) in [6.07, 6.45) is 6.85. The first kappa shape index (κ1) is 20.4. The topological polar surface area (TPSA) is 104 Å². The first-order valence-electron chi connectivity index (χ1n) is 11.3. The van der Waals surface area contributed by atoms with Crippen molar-refractivity contribution in [1.82, 2.24) is 5.32 Å². The fraction of sp³-hybridized carbons (Fsp3) is 0.565. The summed E-state index contributed by atoms with van der Waals surface area (Å²) in [4.78, 5) is 50.4. The van der Waals surface area contributed by atoms with Crippen LogP contribution >= 0.6 is 11.3 Å². The van der Waals surface area contributed by atoms with E-state index in [0.29, 0.717) is 47.1 Å². The van der Waals surface area contributed by atoms with Crippen LogP contribution in [0.3, 0.4) is 0 Å². The highest BCUT2D eigenvalue weighted by Crippen LogP contribution is 2.40. The normalized spacial score (nSPS) is 20.4. The largest absolute Gasteiger partial charge is 0.378 e. The molecule has 7 nitrogen and oxygen atoms in total. The van der Waals surface area contributed by atoms with Crippen LogP contribution in [0, 0.1) is 11.8 Å². The summed E-state index contributed by atoms with van der Waals surface area (Å²) < 4.78 is 0. The van der Waals surface area contributed by atoms with Crippen molar-refractivity contribution in [3.63, 3.8) is 0 Å². The van der Waals surface area contributed by atoms with Crippen molar-refractivity contribution in [1.29, 1.82) is 0 Å². The van der Waals surface area contributed by atoms with Crippen LogP contribution in [0.25, 0.3) is 0 Å². The van der Waals surface area contributed by atoms with Gasteiger partial charge in [-0.05, 0) is 62.8 Å². The van der Waals surface area contributed by atoms with Gasteiger partial charge < -0.3 is 16.0 Å². The average molecular weight is 442 g/mol. The van der Waals surface area contributed by atoms with Gasteiger partial charge in [0.25, 0.3) is 5.91 Å². The maximum absolute atomic E-state index is 13.1. The average Bonchev–Trinajstić information content (AvgIpc) is 3.68. The van der Waals surface area contributed by atoms with E-state index in [0.717, 1.165) is 49.0 Å². The molecule has 1 aromatic carbocycles. The van der Waals surface area contributed by atoms with Crippen LogP contribution in [0.1, 0.15) is 65.4 Å². The molecular weight excluding hydrogens is 414 g/mol. The summed E-state index contributed by atoms with van der Waals surface area (Å²) in [5, 5.41) is 9.99. The van der Waals surface area contributed by atoms with Crippen LogP contribution in [0.15, 0.2) is 9.59 Å². The molecule has 3 aliphatic rings. The molecular formula is C23H27N3O4S. The van der Waals surface area contributed by atoms with Gasteiger partial charge in [-0.3, -0.25) is 19.2 Å². The van der Waals surface area contributed by atoms with E-state index in [9.17, 15) is 19.2 Å². The molecule has 0 saturated heterocycles. The zero-order valence-electron chi connectivity index (χ0n) is 17.6.